The maximum atomic E-state index is 11.9. The third-order valence-electron chi connectivity index (χ3n) is 3.21. The molecule has 0 radical (unpaired) electrons. The second-order valence-corrected chi connectivity index (χ2v) is 5.46. The van der Waals surface area contributed by atoms with Crippen LogP contribution in [0, 0.1) is 20.2 Å². The number of amides is 2. The molecular formula is C16H11ClN4O6. The number of non-ortho nitro benzene ring substituents is 1. The van der Waals surface area contributed by atoms with Crippen LogP contribution < -0.4 is 10.9 Å². The van der Waals surface area contributed by atoms with Gasteiger partial charge < -0.3 is 0 Å². The van der Waals surface area contributed by atoms with Crippen molar-refractivity contribution in [2.45, 2.75) is 0 Å². The second kappa shape index (κ2) is 8.54. The van der Waals surface area contributed by atoms with E-state index in [4.69, 9.17) is 11.6 Å². The first-order chi connectivity index (χ1) is 12.8. The van der Waals surface area contributed by atoms with E-state index in [2.05, 4.69) is 10.9 Å². The first kappa shape index (κ1) is 19.5. The molecule has 138 valence electrons. The molecule has 11 heteroatoms. The molecule has 2 N–H and O–H groups in total. The number of hydrazine groups is 1. The van der Waals surface area contributed by atoms with E-state index in [-0.39, 0.29) is 22.0 Å². The number of benzene rings is 2. The summed E-state index contributed by atoms with van der Waals surface area (Å²) in [7, 11) is 0. The second-order valence-electron chi connectivity index (χ2n) is 5.05. The maximum absolute atomic E-state index is 11.9. The van der Waals surface area contributed by atoms with Crippen LogP contribution in [0.2, 0.25) is 5.02 Å². The Bertz CT molecular complexity index is 960. The van der Waals surface area contributed by atoms with Crippen LogP contribution in [0.3, 0.4) is 0 Å². The fourth-order valence-corrected chi connectivity index (χ4v) is 2.12. The summed E-state index contributed by atoms with van der Waals surface area (Å²) in [6.07, 6.45) is 2.33. The molecule has 0 aromatic heterocycles. The third-order valence-corrected chi connectivity index (χ3v) is 3.53. The number of nitro benzene ring substituents is 2. The first-order valence-electron chi connectivity index (χ1n) is 7.24. The number of hydrogen-bond acceptors (Lipinski definition) is 6. The highest BCUT2D eigenvalue weighted by molar-refractivity contribution is 6.32. The van der Waals surface area contributed by atoms with Gasteiger partial charge in [-0.15, -0.1) is 0 Å². The Morgan fingerprint density at radius 2 is 1.74 bits per heavy atom. The van der Waals surface area contributed by atoms with Gasteiger partial charge in [0.1, 0.15) is 5.02 Å². The summed E-state index contributed by atoms with van der Waals surface area (Å²) in [5, 5.41) is 21.5. The highest BCUT2D eigenvalue weighted by Crippen LogP contribution is 2.25. The van der Waals surface area contributed by atoms with Crippen LogP contribution in [0.15, 0.2) is 48.5 Å². The van der Waals surface area contributed by atoms with Gasteiger partial charge in [-0.25, -0.2) is 0 Å². The lowest BCUT2D eigenvalue weighted by atomic mass is 10.2. The SMILES string of the molecule is O=C(/C=C/c1ccc(Cl)c([N+](=O)[O-])c1)NNC(=O)c1cccc([N+](=O)[O-])c1. The molecule has 0 saturated heterocycles. The molecule has 0 aliphatic heterocycles. The van der Waals surface area contributed by atoms with Gasteiger partial charge in [-0.3, -0.25) is 40.7 Å². The number of nitro groups is 2. The van der Waals surface area contributed by atoms with Crippen LogP contribution in [-0.2, 0) is 4.79 Å². The number of rotatable bonds is 5. The Labute approximate surface area is 156 Å². The fourth-order valence-electron chi connectivity index (χ4n) is 1.94. The summed E-state index contributed by atoms with van der Waals surface area (Å²) in [6.45, 7) is 0. The predicted molar refractivity (Wildman–Crippen MR) is 95.8 cm³/mol. The zero-order valence-corrected chi connectivity index (χ0v) is 14.2. The highest BCUT2D eigenvalue weighted by atomic mass is 35.5. The van der Waals surface area contributed by atoms with E-state index in [1.54, 1.807) is 0 Å². The van der Waals surface area contributed by atoms with Crippen LogP contribution in [0.25, 0.3) is 6.08 Å². The maximum Gasteiger partial charge on any atom is 0.288 e. The molecule has 0 fully saturated rings. The topological polar surface area (TPSA) is 144 Å². The first-order valence-corrected chi connectivity index (χ1v) is 7.62. The molecule has 27 heavy (non-hydrogen) atoms. The molecule has 2 amide bonds. The summed E-state index contributed by atoms with van der Waals surface area (Å²) in [6, 6.07) is 8.95. The van der Waals surface area contributed by atoms with Crippen LogP contribution >= 0.6 is 11.6 Å². The third kappa shape index (κ3) is 5.34. The minimum absolute atomic E-state index is 0.0122. The van der Waals surface area contributed by atoms with Gasteiger partial charge in [0.2, 0.25) is 0 Å². The summed E-state index contributed by atoms with van der Waals surface area (Å²) < 4.78 is 0. The van der Waals surface area contributed by atoms with Crippen molar-refractivity contribution in [3.8, 4) is 0 Å². The van der Waals surface area contributed by atoms with Crippen molar-refractivity contribution in [1.82, 2.24) is 10.9 Å². The van der Waals surface area contributed by atoms with Crippen molar-refractivity contribution in [3.05, 3.63) is 84.9 Å². The molecule has 0 spiro atoms. The molecule has 0 aliphatic rings. The Morgan fingerprint density at radius 1 is 1.00 bits per heavy atom. The van der Waals surface area contributed by atoms with E-state index in [1.807, 2.05) is 0 Å². The summed E-state index contributed by atoms with van der Waals surface area (Å²) in [5.41, 5.74) is 3.96. The lowest BCUT2D eigenvalue weighted by Gasteiger charge is -2.05. The number of hydrogen-bond donors (Lipinski definition) is 2. The van der Waals surface area contributed by atoms with Crippen molar-refractivity contribution >= 4 is 40.9 Å². The zero-order chi connectivity index (χ0) is 20.0. The molecule has 0 aliphatic carbocycles. The number of carbonyl (C=O) groups excluding carboxylic acids is 2. The summed E-state index contributed by atoms with van der Waals surface area (Å²) >= 11 is 5.69. The van der Waals surface area contributed by atoms with Crippen molar-refractivity contribution in [2.75, 3.05) is 0 Å². The molecule has 0 bridgehead atoms. The molecule has 0 atom stereocenters. The van der Waals surface area contributed by atoms with Gasteiger partial charge in [0, 0.05) is 29.8 Å². The van der Waals surface area contributed by atoms with Crippen LogP contribution in [0.4, 0.5) is 11.4 Å². The Hall–Kier alpha value is -3.79. The van der Waals surface area contributed by atoms with Crippen molar-refractivity contribution in [1.29, 1.82) is 0 Å². The molecule has 2 aromatic carbocycles. The largest absolute Gasteiger partial charge is 0.288 e. The van der Waals surface area contributed by atoms with E-state index in [9.17, 15) is 29.8 Å². The quantitative estimate of drug-likeness (QED) is 0.456. The van der Waals surface area contributed by atoms with Gasteiger partial charge in [0.05, 0.1) is 9.85 Å². The average molecular weight is 391 g/mol. The van der Waals surface area contributed by atoms with Gasteiger partial charge >= 0.3 is 0 Å². The fraction of sp³-hybridized carbons (Fsp3) is 0. The van der Waals surface area contributed by atoms with Gasteiger partial charge in [-0.1, -0.05) is 23.7 Å². The van der Waals surface area contributed by atoms with E-state index in [0.717, 1.165) is 12.1 Å². The van der Waals surface area contributed by atoms with Gasteiger partial charge in [-0.2, -0.15) is 0 Å². The average Bonchev–Trinajstić information content (AvgIpc) is 2.65. The smallest absolute Gasteiger partial charge is 0.268 e. The Kier molecular flexibility index (Phi) is 6.18. The Morgan fingerprint density at radius 3 is 2.41 bits per heavy atom. The minimum atomic E-state index is -0.748. The zero-order valence-electron chi connectivity index (χ0n) is 13.4. The van der Waals surface area contributed by atoms with E-state index in [0.29, 0.717) is 5.56 Å². The minimum Gasteiger partial charge on any atom is -0.268 e. The van der Waals surface area contributed by atoms with Crippen molar-refractivity contribution < 1.29 is 19.4 Å². The lowest BCUT2D eigenvalue weighted by molar-refractivity contribution is -0.385. The number of carbonyl (C=O) groups is 2. The van der Waals surface area contributed by atoms with Gasteiger partial charge in [0.15, 0.2) is 0 Å². The van der Waals surface area contributed by atoms with E-state index >= 15 is 0 Å². The number of nitrogens with one attached hydrogen (secondary N) is 2. The van der Waals surface area contributed by atoms with Crippen molar-refractivity contribution in [3.63, 3.8) is 0 Å². The predicted octanol–water partition coefficient (Wildman–Crippen LogP) is 2.63. The summed E-state index contributed by atoms with van der Waals surface area (Å²) in [4.78, 5) is 43.8. The van der Waals surface area contributed by atoms with Gasteiger partial charge in [0.25, 0.3) is 23.2 Å². The van der Waals surface area contributed by atoms with Crippen LogP contribution in [-0.4, -0.2) is 21.7 Å². The lowest BCUT2D eigenvalue weighted by Crippen LogP contribution is -2.40. The molecular weight excluding hydrogens is 380 g/mol. The van der Waals surface area contributed by atoms with Gasteiger partial charge in [-0.05, 0) is 23.8 Å². The molecule has 10 nitrogen and oxygen atoms in total. The molecule has 2 aromatic rings. The number of nitrogens with zero attached hydrogens (tertiary/aromatic N) is 2. The monoisotopic (exact) mass is 390 g/mol. The molecule has 2 rings (SSSR count). The highest BCUT2D eigenvalue weighted by Gasteiger charge is 2.13. The standard InChI is InChI=1S/C16H11ClN4O6/c17-13-6-4-10(8-14(13)21(26)27)5-7-15(22)18-19-16(23)11-2-1-3-12(9-11)20(24)25/h1-9H,(H,18,22)(H,19,23)/b7-5+. The summed E-state index contributed by atoms with van der Waals surface area (Å²) in [5.74, 6) is -1.46. The van der Waals surface area contributed by atoms with E-state index in [1.165, 1.54) is 42.5 Å². The molecule has 0 saturated carbocycles. The van der Waals surface area contributed by atoms with E-state index < -0.39 is 21.7 Å². The Balaban J connectivity index is 1.98. The van der Waals surface area contributed by atoms with Crippen molar-refractivity contribution in [2.24, 2.45) is 0 Å². The molecule has 0 unspecified atom stereocenters. The van der Waals surface area contributed by atoms with Crippen LogP contribution in [0.1, 0.15) is 15.9 Å². The molecule has 0 heterocycles. The normalized spacial score (nSPS) is 10.4. The van der Waals surface area contributed by atoms with Crippen LogP contribution in [0.5, 0.6) is 0 Å². The number of halogens is 1.